The van der Waals surface area contributed by atoms with Gasteiger partial charge in [-0.05, 0) is 38.0 Å². The number of rotatable bonds is 5. The molecule has 1 amide bonds. The predicted molar refractivity (Wildman–Crippen MR) is 72.4 cm³/mol. The number of nitrogens with zero attached hydrogens (tertiary/aromatic N) is 1. The van der Waals surface area contributed by atoms with E-state index in [0.29, 0.717) is 30.0 Å². The largest absolute Gasteiger partial charge is 0.461 e. The van der Waals surface area contributed by atoms with E-state index in [9.17, 15) is 9.59 Å². The Kier molecular flexibility index (Phi) is 3.23. The second-order valence-electron chi connectivity index (χ2n) is 5.66. The Bertz CT molecular complexity index is 548. The standard InChI is InChI=1S/C14H19N3O3/c1-3-20-14(19)11-10(8-4-5-8)12(17-16-11)15-13(18)9-6-7(9)2/h7-9H,3-6H2,1-2H3,(H2,15,16,17,18). The average molecular weight is 277 g/mol. The first kappa shape index (κ1) is 13.1. The number of amides is 1. The van der Waals surface area contributed by atoms with Crippen LogP contribution in [0, 0.1) is 11.8 Å². The number of carbonyl (C=O) groups excluding carboxylic acids is 2. The Labute approximate surface area is 117 Å². The van der Waals surface area contributed by atoms with Crippen LogP contribution in [0.4, 0.5) is 5.82 Å². The maximum Gasteiger partial charge on any atom is 0.356 e. The smallest absolute Gasteiger partial charge is 0.356 e. The van der Waals surface area contributed by atoms with E-state index in [-0.39, 0.29) is 11.8 Å². The summed E-state index contributed by atoms with van der Waals surface area (Å²) in [6.07, 6.45) is 2.98. The number of anilines is 1. The molecule has 1 aromatic rings. The maximum atomic E-state index is 12.0. The van der Waals surface area contributed by atoms with Gasteiger partial charge in [-0.3, -0.25) is 9.89 Å². The lowest BCUT2D eigenvalue weighted by Crippen LogP contribution is -2.16. The number of ether oxygens (including phenoxy) is 1. The molecule has 2 saturated carbocycles. The molecule has 2 aliphatic carbocycles. The molecular formula is C14H19N3O3. The van der Waals surface area contributed by atoms with Gasteiger partial charge in [0.25, 0.3) is 0 Å². The van der Waals surface area contributed by atoms with E-state index in [1.54, 1.807) is 6.92 Å². The van der Waals surface area contributed by atoms with E-state index in [1.165, 1.54) is 0 Å². The number of hydrogen-bond acceptors (Lipinski definition) is 4. The Morgan fingerprint density at radius 3 is 2.70 bits per heavy atom. The van der Waals surface area contributed by atoms with Crippen molar-refractivity contribution in [1.29, 1.82) is 0 Å². The van der Waals surface area contributed by atoms with Gasteiger partial charge < -0.3 is 10.1 Å². The van der Waals surface area contributed by atoms with E-state index in [1.807, 2.05) is 0 Å². The molecule has 6 heteroatoms. The van der Waals surface area contributed by atoms with E-state index < -0.39 is 5.97 Å². The summed E-state index contributed by atoms with van der Waals surface area (Å²) in [5, 5.41) is 9.67. The summed E-state index contributed by atoms with van der Waals surface area (Å²) in [6.45, 7) is 4.14. The van der Waals surface area contributed by atoms with Crippen LogP contribution >= 0.6 is 0 Å². The molecule has 0 aliphatic heterocycles. The number of nitrogens with one attached hydrogen (secondary N) is 2. The first-order chi connectivity index (χ1) is 9.61. The van der Waals surface area contributed by atoms with Gasteiger partial charge in [0, 0.05) is 11.5 Å². The van der Waals surface area contributed by atoms with Crippen molar-refractivity contribution in [3.05, 3.63) is 11.3 Å². The van der Waals surface area contributed by atoms with Gasteiger partial charge >= 0.3 is 5.97 Å². The molecule has 0 radical (unpaired) electrons. The predicted octanol–water partition coefficient (Wildman–Crippen LogP) is 2.06. The highest BCUT2D eigenvalue weighted by Gasteiger charge is 2.41. The fourth-order valence-electron chi connectivity index (χ4n) is 2.47. The molecule has 0 bridgehead atoms. The molecule has 0 spiro atoms. The summed E-state index contributed by atoms with van der Waals surface area (Å²) in [6, 6.07) is 0. The molecule has 2 atom stereocenters. The Balaban J connectivity index is 1.80. The van der Waals surface area contributed by atoms with Crippen molar-refractivity contribution < 1.29 is 14.3 Å². The number of carbonyl (C=O) groups is 2. The lowest BCUT2D eigenvalue weighted by Gasteiger charge is -2.05. The third kappa shape index (κ3) is 2.42. The topological polar surface area (TPSA) is 84.1 Å². The maximum absolute atomic E-state index is 12.0. The Morgan fingerprint density at radius 2 is 2.15 bits per heavy atom. The average Bonchev–Trinajstić information content (AvgIpc) is 3.32. The van der Waals surface area contributed by atoms with Crippen LogP contribution in [0.1, 0.15) is 55.1 Å². The first-order valence-corrected chi connectivity index (χ1v) is 7.18. The van der Waals surface area contributed by atoms with E-state index in [0.717, 1.165) is 24.8 Å². The molecular weight excluding hydrogens is 258 g/mol. The molecule has 2 N–H and O–H groups in total. The number of aromatic nitrogens is 2. The normalized spacial score (nSPS) is 24.3. The quantitative estimate of drug-likeness (QED) is 0.807. The molecule has 2 aliphatic rings. The minimum Gasteiger partial charge on any atom is -0.461 e. The molecule has 3 rings (SSSR count). The lowest BCUT2D eigenvalue weighted by molar-refractivity contribution is -0.117. The second kappa shape index (κ2) is 4.92. The van der Waals surface area contributed by atoms with Gasteiger partial charge in [-0.15, -0.1) is 0 Å². The van der Waals surface area contributed by atoms with Crippen molar-refractivity contribution in [3.63, 3.8) is 0 Å². The SMILES string of the molecule is CCOC(=O)c1[nH]nc(NC(=O)C2CC2C)c1C1CC1. The van der Waals surface area contributed by atoms with Crippen LogP contribution in [0.2, 0.25) is 0 Å². The third-order valence-electron chi connectivity index (χ3n) is 3.96. The van der Waals surface area contributed by atoms with Gasteiger partial charge in [0.2, 0.25) is 5.91 Å². The fourth-order valence-corrected chi connectivity index (χ4v) is 2.47. The molecule has 1 aromatic heterocycles. The Morgan fingerprint density at radius 1 is 1.45 bits per heavy atom. The molecule has 6 nitrogen and oxygen atoms in total. The van der Waals surface area contributed by atoms with Crippen molar-refractivity contribution in [2.45, 2.75) is 39.0 Å². The van der Waals surface area contributed by atoms with Gasteiger partial charge in [-0.25, -0.2) is 4.79 Å². The highest BCUT2D eigenvalue weighted by Crippen LogP contribution is 2.45. The minimum absolute atomic E-state index is 0.00121. The highest BCUT2D eigenvalue weighted by atomic mass is 16.5. The lowest BCUT2D eigenvalue weighted by atomic mass is 10.1. The van der Waals surface area contributed by atoms with Crippen molar-refractivity contribution in [3.8, 4) is 0 Å². The fraction of sp³-hybridized carbons (Fsp3) is 0.643. The highest BCUT2D eigenvalue weighted by molar-refractivity contribution is 5.97. The summed E-state index contributed by atoms with van der Waals surface area (Å²) in [5.74, 6) is 0.941. The molecule has 20 heavy (non-hydrogen) atoms. The van der Waals surface area contributed by atoms with E-state index in [2.05, 4.69) is 22.4 Å². The van der Waals surface area contributed by atoms with Gasteiger partial charge in [-0.2, -0.15) is 5.10 Å². The van der Waals surface area contributed by atoms with Crippen LogP contribution in [0.25, 0.3) is 0 Å². The van der Waals surface area contributed by atoms with Crippen molar-refractivity contribution in [2.75, 3.05) is 11.9 Å². The summed E-state index contributed by atoms with van der Waals surface area (Å²) in [7, 11) is 0. The first-order valence-electron chi connectivity index (χ1n) is 7.18. The van der Waals surface area contributed by atoms with E-state index in [4.69, 9.17) is 4.74 Å². The van der Waals surface area contributed by atoms with Crippen LogP contribution in [0.5, 0.6) is 0 Å². The van der Waals surface area contributed by atoms with Crippen LogP contribution in [-0.4, -0.2) is 28.7 Å². The van der Waals surface area contributed by atoms with Gasteiger partial charge in [0.15, 0.2) is 5.82 Å². The zero-order valence-electron chi connectivity index (χ0n) is 11.7. The van der Waals surface area contributed by atoms with Crippen LogP contribution in [0.3, 0.4) is 0 Å². The van der Waals surface area contributed by atoms with Crippen molar-refractivity contribution >= 4 is 17.7 Å². The second-order valence-corrected chi connectivity index (χ2v) is 5.66. The van der Waals surface area contributed by atoms with Gasteiger partial charge in [-0.1, -0.05) is 6.92 Å². The third-order valence-corrected chi connectivity index (χ3v) is 3.96. The summed E-state index contributed by atoms with van der Waals surface area (Å²) in [4.78, 5) is 23.9. The molecule has 2 fully saturated rings. The minimum atomic E-state index is -0.401. The van der Waals surface area contributed by atoms with Crippen LogP contribution in [0.15, 0.2) is 0 Å². The van der Waals surface area contributed by atoms with Crippen molar-refractivity contribution in [2.24, 2.45) is 11.8 Å². The zero-order valence-corrected chi connectivity index (χ0v) is 11.7. The van der Waals surface area contributed by atoms with Gasteiger partial charge in [0.1, 0.15) is 5.69 Å². The van der Waals surface area contributed by atoms with Crippen molar-refractivity contribution in [1.82, 2.24) is 10.2 Å². The van der Waals surface area contributed by atoms with Crippen LogP contribution < -0.4 is 5.32 Å². The molecule has 1 heterocycles. The monoisotopic (exact) mass is 277 g/mol. The van der Waals surface area contributed by atoms with Gasteiger partial charge in [0.05, 0.1) is 6.61 Å². The molecule has 0 saturated heterocycles. The molecule has 108 valence electrons. The number of esters is 1. The zero-order chi connectivity index (χ0) is 14.3. The Hall–Kier alpha value is -1.85. The van der Waals surface area contributed by atoms with Crippen LogP contribution in [-0.2, 0) is 9.53 Å². The summed E-state index contributed by atoms with van der Waals surface area (Å²) in [5.41, 5.74) is 1.19. The summed E-state index contributed by atoms with van der Waals surface area (Å²) < 4.78 is 5.02. The number of aromatic amines is 1. The molecule has 2 unspecified atom stereocenters. The van der Waals surface area contributed by atoms with E-state index >= 15 is 0 Å². The summed E-state index contributed by atoms with van der Waals surface area (Å²) >= 11 is 0. The number of hydrogen-bond donors (Lipinski definition) is 2. The molecule has 0 aromatic carbocycles. The number of H-pyrrole nitrogens is 1.